The van der Waals surface area contributed by atoms with Crippen molar-refractivity contribution in [3.8, 4) is 5.75 Å². The highest BCUT2D eigenvalue weighted by Gasteiger charge is 2.31. The van der Waals surface area contributed by atoms with Gasteiger partial charge in [0.2, 0.25) is 0 Å². The third kappa shape index (κ3) is 3.96. The average molecular weight is 358 g/mol. The molecule has 0 unspecified atom stereocenters. The van der Waals surface area contributed by atoms with E-state index in [-0.39, 0.29) is 17.1 Å². The maximum absolute atomic E-state index is 13.6. The number of ether oxygens (including phenoxy) is 1. The van der Waals surface area contributed by atoms with E-state index in [0.29, 0.717) is 12.1 Å². The van der Waals surface area contributed by atoms with Gasteiger partial charge in [-0.25, -0.2) is 4.39 Å². The van der Waals surface area contributed by atoms with Gasteiger partial charge in [0.25, 0.3) is 5.91 Å². The van der Waals surface area contributed by atoms with Gasteiger partial charge in [-0.05, 0) is 36.5 Å². The summed E-state index contributed by atoms with van der Waals surface area (Å²) in [4.78, 5) is 12.2. The summed E-state index contributed by atoms with van der Waals surface area (Å²) in [6, 6.07) is 4.28. The Morgan fingerprint density at radius 1 is 1.38 bits per heavy atom. The fraction of sp³-hybridized carbons (Fsp3) is 0.562. The van der Waals surface area contributed by atoms with E-state index in [9.17, 15) is 9.18 Å². The maximum Gasteiger partial charge on any atom is 0.251 e. The number of rotatable bonds is 5. The fourth-order valence-electron chi connectivity index (χ4n) is 2.84. The van der Waals surface area contributed by atoms with Crippen molar-refractivity contribution in [1.29, 1.82) is 0 Å². The van der Waals surface area contributed by atoms with Crippen LogP contribution in [-0.2, 0) is 0 Å². The Balaban J connectivity index is 1.99. The van der Waals surface area contributed by atoms with Gasteiger partial charge in [-0.3, -0.25) is 4.79 Å². The van der Waals surface area contributed by atoms with Gasteiger partial charge in [-0.2, -0.15) is 0 Å². The molecule has 0 aromatic heterocycles. The van der Waals surface area contributed by atoms with E-state index in [1.807, 2.05) is 0 Å². The average Bonchev–Trinajstić information content (AvgIpc) is 2.53. The van der Waals surface area contributed by atoms with Gasteiger partial charge >= 0.3 is 0 Å². The van der Waals surface area contributed by atoms with Crippen LogP contribution in [0.3, 0.4) is 0 Å². The highest BCUT2D eigenvalue weighted by atomic mass is 79.9. The third-order valence-corrected chi connectivity index (χ3v) is 5.43. The molecule has 0 atom stereocenters. The van der Waals surface area contributed by atoms with Gasteiger partial charge in [0.15, 0.2) is 11.6 Å². The second-order valence-electron chi connectivity index (χ2n) is 5.73. The van der Waals surface area contributed by atoms with Crippen molar-refractivity contribution in [2.75, 3.05) is 19.0 Å². The molecule has 0 bridgehead atoms. The van der Waals surface area contributed by atoms with Crippen LogP contribution in [-0.4, -0.2) is 24.9 Å². The number of methoxy groups -OCH3 is 1. The van der Waals surface area contributed by atoms with E-state index in [4.69, 9.17) is 4.74 Å². The lowest BCUT2D eigenvalue weighted by molar-refractivity contribution is 0.0921. The minimum absolute atomic E-state index is 0.138. The number of nitrogens with one attached hydrogen (secondary N) is 1. The number of hydrogen-bond acceptors (Lipinski definition) is 2. The second-order valence-corrected chi connectivity index (χ2v) is 6.29. The Morgan fingerprint density at radius 3 is 2.67 bits per heavy atom. The van der Waals surface area contributed by atoms with Crippen molar-refractivity contribution < 1.29 is 13.9 Å². The van der Waals surface area contributed by atoms with Gasteiger partial charge in [0.1, 0.15) is 0 Å². The zero-order chi connectivity index (χ0) is 15.3. The summed E-state index contributed by atoms with van der Waals surface area (Å²) < 4.78 is 18.5. The summed E-state index contributed by atoms with van der Waals surface area (Å²) in [6.45, 7) is 0.630. The molecule has 0 heterocycles. The van der Waals surface area contributed by atoms with Gasteiger partial charge in [-0.15, -0.1) is 0 Å². The second kappa shape index (κ2) is 7.25. The lowest BCUT2D eigenvalue weighted by atomic mass is 9.75. The Bertz CT molecular complexity index is 501. The molecule has 2 rings (SSSR count). The summed E-state index contributed by atoms with van der Waals surface area (Å²) in [7, 11) is 1.40. The molecule has 0 saturated heterocycles. The first-order valence-corrected chi connectivity index (χ1v) is 8.40. The minimum atomic E-state index is -0.516. The first-order chi connectivity index (χ1) is 10.1. The van der Waals surface area contributed by atoms with Crippen molar-refractivity contribution in [3.63, 3.8) is 0 Å². The van der Waals surface area contributed by atoms with E-state index in [1.54, 1.807) is 6.07 Å². The predicted molar refractivity (Wildman–Crippen MR) is 84.6 cm³/mol. The van der Waals surface area contributed by atoms with Crippen LogP contribution in [0.25, 0.3) is 0 Å². The van der Waals surface area contributed by atoms with E-state index < -0.39 is 5.82 Å². The predicted octanol–water partition coefficient (Wildman–Crippen LogP) is 3.91. The number of carbonyl (C=O) groups excluding carboxylic acids is 1. The number of amides is 1. The molecule has 21 heavy (non-hydrogen) atoms. The summed E-state index contributed by atoms with van der Waals surface area (Å²) >= 11 is 3.58. The zero-order valence-corrected chi connectivity index (χ0v) is 13.8. The van der Waals surface area contributed by atoms with Gasteiger partial charge in [0.05, 0.1) is 7.11 Å². The molecule has 5 heteroatoms. The largest absolute Gasteiger partial charge is 0.494 e. The molecule has 1 aromatic carbocycles. The normalized spacial score (nSPS) is 17.3. The van der Waals surface area contributed by atoms with Crippen LogP contribution in [0.2, 0.25) is 0 Å². The Kier molecular flexibility index (Phi) is 5.62. The lowest BCUT2D eigenvalue weighted by Gasteiger charge is -2.35. The van der Waals surface area contributed by atoms with Crippen molar-refractivity contribution in [2.24, 2.45) is 5.41 Å². The van der Waals surface area contributed by atoms with Crippen molar-refractivity contribution >= 4 is 21.8 Å². The molecule has 0 aliphatic heterocycles. The number of hydrogen-bond donors (Lipinski definition) is 1. The third-order valence-electron chi connectivity index (χ3n) is 4.24. The molecule has 1 fully saturated rings. The molecule has 1 N–H and O–H groups in total. The first-order valence-electron chi connectivity index (χ1n) is 7.28. The first kappa shape index (κ1) is 16.3. The van der Waals surface area contributed by atoms with E-state index >= 15 is 0 Å². The topological polar surface area (TPSA) is 38.3 Å². The number of carbonyl (C=O) groups is 1. The Hall–Kier alpha value is -1.10. The van der Waals surface area contributed by atoms with Crippen LogP contribution in [0.1, 0.15) is 42.5 Å². The van der Waals surface area contributed by atoms with Gasteiger partial charge < -0.3 is 10.1 Å². The molecule has 116 valence electrons. The quantitative estimate of drug-likeness (QED) is 0.811. The van der Waals surface area contributed by atoms with E-state index in [2.05, 4.69) is 21.2 Å². The number of benzene rings is 1. The lowest BCUT2D eigenvalue weighted by Crippen LogP contribution is -2.40. The van der Waals surface area contributed by atoms with Crippen molar-refractivity contribution in [2.45, 2.75) is 32.1 Å². The summed E-state index contributed by atoms with van der Waals surface area (Å²) in [5, 5.41) is 3.83. The maximum atomic E-state index is 13.6. The highest BCUT2D eigenvalue weighted by molar-refractivity contribution is 9.09. The molecule has 1 aliphatic rings. The molecule has 1 amide bonds. The van der Waals surface area contributed by atoms with Crippen LogP contribution >= 0.6 is 15.9 Å². The van der Waals surface area contributed by atoms with Crippen LogP contribution in [0.5, 0.6) is 5.75 Å². The van der Waals surface area contributed by atoms with Crippen LogP contribution in [0.4, 0.5) is 4.39 Å². The SMILES string of the molecule is COc1ccc(C(=O)NCC2(CBr)CCCCC2)cc1F. The minimum Gasteiger partial charge on any atom is -0.494 e. The van der Waals surface area contributed by atoms with Crippen LogP contribution in [0, 0.1) is 11.2 Å². The molecule has 3 nitrogen and oxygen atoms in total. The summed E-state index contributed by atoms with van der Waals surface area (Å²) in [5.41, 5.74) is 0.465. The molecular weight excluding hydrogens is 337 g/mol. The molecule has 1 saturated carbocycles. The van der Waals surface area contributed by atoms with Crippen molar-refractivity contribution in [3.05, 3.63) is 29.6 Å². The summed E-state index contributed by atoms with van der Waals surface area (Å²) in [5.74, 6) is -0.601. The summed E-state index contributed by atoms with van der Waals surface area (Å²) in [6.07, 6.45) is 5.93. The highest BCUT2D eigenvalue weighted by Crippen LogP contribution is 2.37. The standard InChI is InChI=1S/C16H21BrFNO2/c1-21-14-6-5-12(9-13(14)18)15(20)19-11-16(10-17)7-3-2-4-8-16/h5-6,9H,2-4,7-8,10-11H2,1H3,(H,19,20). The zero-order valence-electron chi connectivity index (χ0n) is 12.3. The van der Waals surface area contributed by atoms with Gasteiger partial charge in [-0.1, -0.05) is 35.2 Å². The molecule has 0 spiro atoms. The molecule has 1 aliphatic carbocycles. The van der Waals surface area contributed by atoms with E-state index in [0.717, 1.165) is 18.2 Å². The monoisotopic (exact) mass is 357 g/mol. The molecule has 1 aromatic rings. The van der Waals surface area contributed by atoms with Crippen LogP contribution in [0.15, 0.2) is 18.2 Å². The smallest absolute Gasteiger partial charge is 0.251 e. The van der Waals surface area contributed by atoms with E-state index in [1.165, 1.54) is 38.5 Å². The van der Waals surface area contributed by atoms with Crippen LogP contribution < -0.4 is 10.1 Å². The molecular formula is C16H21BrFNO2. The van der Waals surface area contributed by atoms with Crippen molar-refractivity contribution in [1.82, 2.24) is 5.32 Å². The number of alkyl halides is 1. The molecule has 0 radical (unpaired) electrons. The Morgan fingerprint density at radius 2 is 2.10 bits per heavy atom. The number of halogens is 2. The van der Waals surface area contributed by atoms with Gasteiger partial charge in [0, 0.05) is 17.4 Å². The Labute approximate surface area is 133 Å². The fourth-order valence-corrected chi connectivity index (χ4v) is 3.60.